The molecule has 1 unspecified atom stereocenters. The number of carbonyl (C=O) groups is 2. The van der Waals surface area contributed by atoms with Gasteiger partial charge in [0, 0.05) is 10.9 Å². The molecule has 1 N–H and O–H groups in total. The summed E-state index contributed by atoms with van der Waals surface area (Å²) >= 11 is 0. The van der Waals surface area contributed by atoms with Crippen molar-refractivity contribution in [3.8, 4) is 17.0 Å². The van der Waals surface area contributed by atoms with Crippen molar-refractivity contribution in [1.29, 1.82) is 0 Å². The number of nitrogens with zero attached hydrogens (tertiary/aromatic N) is 1. The lowest BCUT2D eigenvalue weighted by Gasteiger charge is -2.15. The number of benzene rings is 4. The van der Waals surface area contributed by atoms with E-state index in [0.29, 0.717) is 22.2 Å². The summed E-state index contributed by atoms with van der Waals surface area (Å²) in [6.07, 6.45) is 0. The number of hydrogen-bond acceptors (Lipinski definition) is 5. The first-order chi connectivity index (χ1) is 18.0. The molecule has 0 radical (unpaired) electrons. The van der Waals surface area contributed by atoms with E-state index < -0.39 is 5.97 Å². The fourth-order valence-corrected chi connectivity index (χ4v) is 4.32. The Morgan fingerprint density at radius 1 is 0.865 bits per heavy atom. The standard InChI is InChI=1S/C31H26N2O4/c1-20(21-8-4-3-5-9-21)32-30(34)19-37-31(35)27-18-29(33-28-11-7-6-10-26(27)28)24-13-12-23-17-25(36-2)15-14-22(23)16-24/h3-18,20H,19H2,1-2H3,(H,32,34). The molecule has 1 aromatic heterocycles. The third-order valence-corrected chi connectivity index (χ3v) is 6.29. The second-order valence-corrected chi connectivity index (χ2v) is 8.78. The number of para-hydroxylation sites is 1. The molecule has 0 saturated carbocycles. The Kier molecular flexibility index (Phi) is 6.81. The highest BCUT2D eigenvalue weighted by Crippen LogP contribution is 2.29. The smallest absolute Gasteiger partial charge is 0.339 e. The summed E-state index contributed by atoms with van der Waals surface area (Å²) in [5.74, 6) is -0.155. The van der Waals surface area contributed by atoms with Gasteiger partial charge >= 0.3 is 5.97 Å². The van der Waals surface area contributed by atoms with Crippen molar-refractivity contribution in [3.05, 3.63) is 108 Å². The zero-order valence-electron chi connectivity index (χ0n) is 20.6. The van der Waals surface area contributed by atoms with Gasteiger partial charge in [-0.3, -0.25) is 4.79 Å². The lowest BCUT2D eigenvalue weighted by atomic mass is 10.0. The average Bonchev–Trinajstić information content (AvgIpc) is 2.95. The van der Waals surface area contributed by atoms with E-state index in [0.717, 1.165) is 27.6 Å². The average molecular weight is 491 g/mol. The summed E-state index contributed by atoms with van der Waals surface area (Å²) in [6.45, 7) is 1.51. The van der Waals surface area contributed by atoms with Gasteiger partial charge in [-0.05, 0) is 53.6 Å². The van der Waals surface area contributed by atoms with Crippen molar-refractivity contribution in [1.82, 2.24) is 10.3 Å². The van der Waals surface area contributed by atoms with E-state index in [4.69, 9.17) is 14.5 Å². The predicted molar refractivity (Wildman–Crippen MR) is 145 cm³/mol. The minimum Gasteiger partial charge on any atom is -0.497 e. The van der Waals surface area contributed by atoms with Crippen molar-refractivity contribution in [2.45, 2.75) is 13.0 Å². The van der Waals surface area contributed by atoms with Crippen LogP contribution in [-0.2, 0) is 9.53 Å². The summed E-state index contributed by atoms with van der Waals surface area (Å²) in [6, 6.07) is 30.4. The molecule has 0 saturated heterocycles. The summed E-state index contributed by atoms with van der Waals surface area (Å²) < 4.78 is 10.7. The zero-order valence-corrected chi connectivity index (χ0v) is 20.6. The maximum absolute atomic E-state index is 13.1. The zero-order chi connectivity index (χ0) is 25.8. The number of aromatic nitrogens is 1. The summed E-state index contributed by atoms with van der Waals surface area (Å²) in [7, 11) is 1.64. The highest BCUT2D eigenvalue weighted by atomic mass is 16.5. The fraction of sp³-hybridized carbons (Fsp3) is 0.129. The minimum atomic E-state index is -0.576. The van der Waals surface area contributed by atoms with Crippen LogP contribution in [0.25, 0.3) is 32.9 Å². The molecule has 4 aromatic carbocycles. The van der Waals surface area contributed by atoms with Crippen LogP contribution in [0.2, 0.25) is 0 Å². The van der Waals surface area contributed by atoms with E-state index in [1.165, 1.54) is 0 Å². The van der Waals surface area contributed by atoms with Crippen molar-refractivity contribution in [2.75, 3.05) is 13.7 Å². The summed E-state index contributed by atoms with van der Waals surface area (Å²) in [5, 5.41) is 5.60. The highest BCUT2D eigenvalue weighted by molar-refractivity contribution is 6.05. The van der Waals surface area contributed by atoms with Crippen LogP contribution >= 0.6 is 0 Å². The van der Waals surface area contributed by atoms with Gasteiger partial charge < -0.3 is 14.8 Å². The Hall–Kier alpha value is -4.71. The number of nitrogens with one attached hydrogen (secondary N) is 1. The quantitative estimate of drug-likeness (QED) is 0.279. The number of amides is 1. The van der Waals surface area contributed by atoms with Gasteiger partial charge in [0.15, 0.2) is 6.61 Å². The minimum absolute atomic E-state index is 0.200. The molecule has 1 atom stereocenters. The van der Waals surface area contributed by atoms with Crippen molar-refractivity contribution in [3.63, 3.8) is 0 Å². The van der Waals surface area contributed by atoms with Crippen molar-refractivity contribution >= 4 is 33.6 Å². The molecule has 0 aliphatic heterocycles. The molecule has 6 nitrogen and oxygen atoms in total. The van der Waals surface area contributed by atoms with Gasteiger partial charge in [0.2, 0.25) is 0 Å². The first-order valence-electron chi connectivity index (χ1n) is 12.0. The Balaban J connectivity index is 1.39. The predicted octanol–water partition coefficient (Wildman–Crippen LogP) is 6.10. The third kappa shape index (κ3) is 5.28. The number of fused-ring (bicyclic) bond motifs is 2. The number of hydrogen-bond donors (Lipinski definition) is 1. The molecule has 1 heterocycles. The van der Waals surface area contributed by atoms with E-state index in [9.17, 15) is 9.59 Å². The van der Waals surface area contributed by atoms with Crippen LogP contribution in [0.5, 0.6) is 5.75 Å². The van der Waals surface area contributed by atoms with Crippen LogP contribution in [0.15, 0.2) is 97.1 Å². The van der Waals surface area contributed by atoms with Gasteiger partial charge in [0.05, 0.1) is 29.9 Å². The molecule has 0 aliphatic rings. The summed E-state index contributed by atoms with van der Waals surface area (Å²) in [5.41, 5.74) is 3.52. The molecule has 1 amide bonds. The molecule has 6 heteroatoms. The normalized spacial score (nSPS) is 11.7. The van der Waals surface area contributed by atoms with E-state index in [1.54, 1.807) is 13.2 Å². The van der Waals surface area contributed by atoms with E-state index in [-0.39, 0.29) is 18.6 Å². The molecular formula is C31H26N2O4. The molecule has 5 aromatic rings. The largest absolute Gasteiger partial charge is 0.497 e. The number of ether oxygens (including phenoxy) is 2. The van der Waals surface area contributed by atoms with E-state index in [2.05, 4.69) is 5.32 Å². The molecule has 0 aliphatic carbocycles. The third-order valence-electron chi connectivity index (χ3n) is 6.29. The van der Waals surface area contributed by atoms with Gasteiger partial charge in [-0.2, -0.15) is 0 Å². The monoisotopic (exact) mass is 490 g/mol. The second kappa shape index (κ2) is 10.5. The first-order valence-corrected chi connectivity index (χ1v) is 12.0. The Morgan fingerprint density at radius 2 is 1.59 bits per heavy atom. The first kappa shape index (κ1) is 24.0. The number of esters is 1. The molecule has 5 rings (SSSR count). The number of carbonyl (C=O) groups excluding carboxylic acids is 2. The van der Waals surface area contributed by atoms with Gasteiger partial charge in [-0.15, -0.1) is 0 Å². The Labute approximate surface area is 214 Å². The second-order valence-electron chi connectivity index (χ2n) is 8.78. The maximum atomic E-state index is 13.1. The number of methoxy groups -OCH3 is 1. The van der Waals surface area contributed by atoms with Gasteiger partial charge in [0.25, 0.3) is 5.91 Å². The van der Waals surface area contributed by atoms with E-state index in [1.807, 2.05) is 97.9 Å². The van der Waals surface area contributed by atoms with Gasteiger partial charge in [0.1, 0.15) is 5.75 Å². The maximum Gasteiger partial charge on any atom is 0.339 e. The van der Waals surface area contributed by atoms with Crippen LogP contribution in [0.4, 0.5) is 0 Å². The topological polar surface area (TPSA) is 77.5 Å². The lowest BCUT2D eigenvalue weighted by Crippen LogP contribution is -2.31. The summed E-state index contributed by atoms with van der Waals surface area (Å²) in [4.78, 5) is 30.4. The van der Waals surface area contributed by atoms with Crippen molar-refractivity contribution in [2.24, 2.45) is 0 Å². The van der Waals surface area contributed by atoms with Crippen LogP contribution in [0.3, 0.4) is 0 Å². The SMILES string of the molecule is COc1ccc2cc(-c3cc(C(=O)OCC(=O)NC(C)c4ccccc4)c4ccccc4n3)ccc2c1. The molecular weight excluding hydrogens is 464 g/mol. The van der Waals surface area contributed by atoms with Crippen LogP contribution in [0.1, 0.15) is 28.9 Å². The Morgan fingerprint density at radius 3 is 2.41 bits per heavy atom. The lowest BCUT2D eigenvalue weighted by molar-refractivity contribution is -0.124. The highest BCUT2D eigenvalue weighted by Gasteiger charge is 2.18. The van der Waals surface area contributed by atoms with Crippen LogP contribution in [-0.4, -0.2) is 30.6 Å². The number of pyridine rings is 1. The van der Waals surface area contributed by atoms with Gasteiger partial charge in [-0.1, -0.05) is 66.7 Å². The molecule has 184 valence electrons. The van der Waals surface area contributed by atoms with Crippen LogP contribution < -0.4 is 10.1 Å². The van der Waals surface area contributed by atoms with Crippen LogP contribution in [0, 0.1) is 0 Å². The number of rotatable bonds is 7. The Bertz CT molecular complexity index is 1600. The molecule has 0 fully saturated rings. The molecule has 37 heavy (non-hydrogen) atoms. The molecule has 0 spiro atoms. The van der Waals surface area contributed by atoms with Gasteiger partial charge in [-0.25, -0.2) is 9.78 Å². The van der Waals surface area contributed by atoms with Crippen molar-refractivity contribution < 1.29 is 19.1 Å². The van der Waals surface area contributed by atoms with E-state index >= 15 is 0 Å². The molecule has 0 bridgehead atoms. The fourth-order valence-electron chi connectivity index (χ4n) is 4.32.